The highest BCUT2D eigenvalue weighted by atomic mass is 32.2. The molecule has 3 aliphatic heterocycles. The van der Waals surface area contributed by atoms with Crippen molar-refractivity contribution in [1.82, 2.24) is 15.2 Å². The third-order valence-electron chi connectivity index (χ3n) is 6.45. The second-order valence-corrected chi connectivity index (χ2v) is 11.2. The number of aliphatic carboxylic acids is 2. The number of anilines is 1. The van der Waals surface area contributed by atoms with E-state index in [1.807, 2.05) is 6.92 Å². The molecule has 13 heteroatoms. The third-order valence-corrected chi connectivity index (χ3v) is 9.03. The van der Waals surface area contributed by atoms with Gasteiger partial charge in [-0.05, 0) is 20.3 Å². The standard InChI is InChI=1S/C21H26N4O7S2/c1-7-15-14(9(3)26)19(30)25(15)16(20(31)32)17(7)33-10-4-11(22-6-10)18(29)24-21-23-8(2)12(34-21)5-13(27)28/h7,9-11,14-15,22,26H,4-6H2,1-3H3,(H,27,28)(H,31,32)(H,23,24,29)/t7-,9-,10+,11+,14-,15-/m1/s1. The molecule has 1 aromatic heterocycles. The summed E-state index contributed by atoms with van der Waals surface area (Å²) in [7, 11) is 0. The molecule has 11 nitrogen and oxygen atoms in total. The minimum atomic E-state index is -1.18. The first kappa shape index (κ1) is 24.6. The number of carbonyl (C=O) groups excluding carboxylic acids is 2. The first-order chi connectivity index (χ1) is 16.0. The molecule has 184 valence electrons. The fourth-order valence-corrected chi connectivity index (χ4v) is 7.26. The van der Waals surface area contributed by atoms with Crippen molar-refractivity contribution >= 4 is 52.0 Å². The van der Waals surface area contributed by atoms with E-state index in [9.17, 15) is 29.4 Å². The predicted molar refractivity (Wildman–Crippen MR) is 124 cm³/mol. The van der Waals surface area contributed by atoms with Crippen molar-refractivity contribution in [3.05, 3.63) is 21.2 Å². The van der Waals surface area contributed by atoms with Crippen LogP contribution in [0.15, 0.2) is 10.6 Å². The summed E-state index contributed by atoms with van der Waals surface area (Å²) in [6, 6.07) is -0.887. The number of aliphatic hydroxyl groups excluding tert-OH is 1. The van der Waals surface area contributed by atoms with Gasteiger partial charge in [0.1, 0.15) is 5.70 Å². The van der Waals surface area contributed by atoms with E-state index in [2.05, 4.69) is 15.6 Å². The average Bonchev–Trinajstić information content (AvgIpc) is 3.39. The Morgan fingerprint density at radius 2 is 2.06 bits per heavy atom. The molecular formula is C21H26N4O7S2. The number of hydrogen-bond donors (Lipinski definition) is 5. The Bertz CT molecular complexity index is 1090. The number of carboxylic acid groups (broad SMARTS) is 2. The van der Waals surface area contributed by atoms with Gasteiger partial charge >= 0.3 is 11.9 Å². The highest BCUT2D eigenvalue weighted by Crippen LogP contribution is 2.51. The molecule has 0 aliphatic carbocycles. The van der Waals surface area contributed by atoms with Gasteiger partial charge in [0.2, 0.25) is 11.8 Å². The summed E-state index contributed by atoms with van der Waals surface area (Å²) in [6.07, 6.45) is -0.567. The number of nitrogens with one attached hydrogen (secondary N) is 2. The van der Waals surface area contributed by atoms with Crippen LogP contribution in [0.3, 0.4) is 0 Å². The molecule has 0 spiro atoms. The summed E-state index contributed by atoms with van der Waals surface area (Å²) in [5.74, 6) is -3.65. The van der Waals surface area contributed by atoms with Gasteiger partial charge < -0.3 is 30.9 Å². The Balaban J connectivity index is 1.41. The monoisotopic (exact) mass is 510 g/mol. The molecule has 2 amide bonds. The molecule has 0 bridgehead atoms. The zero-order valence-corrected chi connectivity index (χ0v) is 20.4. The smallest absolute Gasteiger partial charge is 0.353 e. The van der Waals surface area contributed by atoms with E-state index < -0.39 is 30.0 Å². The molecular weight excluding hydrogens is 484 g/mol. The summed E-state index contributed by atoms with van der Waals surface area (Å²) in [4.78, 5) is 54.8. The third kappa shape index (κ3) is 4.32. The Morgan fingerprint density at radius 1 is 1.35 bits per heavy atom. The van der Waals surface area contributed by atoms with E-state index in [1.54, 1.807) is 6.92 Å². The van der Waals surface area contributed by atoms with Crippen LogP contribution in [0.25, 0.3) is 0 Å². The number of carboxylic acids is 2. The molecule has 3 aliphatic rings. The fraction of sp³-hybridized carbons (Fsp3) is 0.571. The van der Waals surface area contributed by atoms with Crippen molar-refractivity contribution in [2.45, 2.75) is 57.1 Å². The minimum Gasteiger partial charge on any atom is -0.481 e. The average molecular weight is 511 g/mol. The number of β-lactam (4-membered cyclic amide) rings is 1. The Kier molecular flexibility index (Phi) is 6.73. The number of fused-ring (bicyclic) bond motifs is 1. The summed E-state index contributed by atoms with van der Waals surface area (Å²) in [5, 5.41) is 34.9. The maximum atomic E-state index is 12.7. The largest absolute Gasteiger partial charge is 0.481 e. The van der Waals surface area contributed by atoms with Crippen molar-refractivity contribution < 1.29 is 34.5 Å². The van der Waals surface area contributed by atoms with Crippen LogP contribution < -0.4 is 10.6 Å². The number of carbonyl (C=O) groups is 4. The summed E-state index contributed by atoms with van der Waals surface area (Å²) < 4.78 is 0. The lowest BCUT2D eigenvalue weighted by Gasteiger charge is -2.46. The quantitative estimate of drug-likeness (QED) is 0.313. The maximum absolute atomic E-state index is 12.7. The van der Waals surface area contributed by atoms with Crippen LogP contribution in [-0.2, 0) is 25.6 Å². The molecule has 0 radical (unpaired) electrons. The molecule has 6 atom stereocenters. The number of aromatic nitrogens is 1. The maximum Gasteiger partial charge on any atom is 0.353 e. The fourth-order valence-electron chi connectivity index (χ4n) is 4.83. The number of nitrogens with zero attached hydrogens (tertiary/aromatic N) is 2. The Morgan fingerprint density at radius 3 is 2.68 bits per heavy atom. The summed E-state index contributed by atoms with van der Waals surface area (Å²) in [5.41, 5.74) is 0.537. The number of thioether (sulfide) groups is 1. The number of thiazole rings is 1. The number of aliphatic hydroxyl groups is 1. The summed E-state index contributed by atoms with van der Waals surface area (Å²) in [6.45, 7) is 5.57. The van der Waals surface area contributed by atoms with Crippen molar-refractivity contribution in [3.8, 4) is 0 Å². The van der Waals surface area contributed by atoms with Crippen molar-refractivity contribution in [2.75, 3.05) is 11.9 Å². The van der Waals surface area contributed by atoms with Crippen LogP contribution in [-0.4, -0.2) is 78.9 Å². The molecule has 4 heterocycles. The summed E-state index contributed by atoms with van der Waals surface area (Å²) >= 11 is 2.49. The van der Waals surface area contributed by atoms with Gasteiger partial charge in [-0.2, -0.15) is 0 Å². The van der Waals surface area contributed by atoms with E-state index in [1.165, 1.54) is 23.6 Å². The van der Waals surface area contributed by atoms with Crippen LogP contribution in [0, 0.1) is 18.8 Å². The lowest BCUT2D eigenvalue weighted by molar-refractivity contribution is -0.163. The first-order valence-corrected chi connectivity index (χ1v) is 12.6. The highest BCUT2D eigenvalue weighted by Gasteiger charge is 2.60. The zero-order chi connectivity index (χ0) is 24.9. The van der Waals surface area contributed by atoms with Gasteiger partial charge in [0.05, 0.1) is 36.2 Å². The van der Waals surface area contributed by atoms with Gasteiger partial charge in [0, 0.05) is 27.5 Å². The highest BCUT2D eigenvalue weighted by molar-refractivity contribution is 8.03. The molecule has 2 fully saturated rings. The first-order valence-electron chi connectivity index (χ1n) is 10.9. The lowest BCUT2D eigenvalue weighted by Crippen LogP contribution is -2.63. The van der Waals surface area contributed by atoms with Crippen LogP contribution >= 0.6 is 23.1 Å². The molecule has 34 heavy (non-hydrogen) atoms. The molecule has 0 unspecified atom stereocenters. The molecule has 2 saturated heterocycles. The number of rotatable bonds is 8. The normalized spacial score (nSPS) is 29.1. The Hall–Kier alpha value is -2.48. The SMILES string of the molecule is Cc1nc(NC(=O)[C@@H]2C[C@H](SC3=C(C(=O)O)N4C(=O)[C@H]([C@@H](C)O)[C@H]4[C@H]3C)CN2)sc1CC(=O)O. The molecule has 0 aromatic carbocycles. The van der Waals surface area contributed by atoms with Gasteiger partial charge in [-0.15, -0.1) is 23.1 Å². The van der Waals surface area contributed by atoms with E-state index in [-0.39, 0.29) is 41.1 Å². The van der Waals surface area contributed by atoms with Crippen LogP contribution in [0.2, 0.25) is 0 Å². The zero-order valence-electron chi connectivity index (χ0n) is 18.8. The van der Waals surface area contributed by atoms with Crippen molar-refractivity contribution in [1.29, 1.82) is 0 Å². The topological polar surface area (TPSA) is 169 Å². The molecule has 5 N–H and O–H groups in total. The van der Waals surface area contributed by atoms with Crippen LogP contribution in [0.4, 0.5) is 5.13 Å². The van der Waals surface area contributed by atoms with E-state index in [0.29, 0.717) is 33.6 Å². The molecule has 4 rings (SSSR count). The van der Waals surface area contributed by atoms with Crippen LogP contribution in [0.5, 0.6) is 0 Å². The van der Waals surface area contributed by atoms with Gasteiger partial charge in [-0.25, -0.2) is 9.78 Å². The Labute approximate surface area is 203 Å². The minimum absolute atomic E-state index is 0.0264. The second kappa shape index (κ2) is 9.29. The van der Waals surface area contributed by atoms with E-state index in [4.69, 9.17) is 5.11 Å². The second-order valence-electron chi connectivity index (χ2n) is 8.80. The van der Waals surface area contributed by atoms with E-state index >= 15 is 0 Å². The molecule has 0 saturated carbocycles. The molecule has 1 aromatic rings. The van der Waals surface area contributed by atoms with Gasteiger partial charge in [-0.1, -0.05) is 6.92 Å². The number of aryl methyl sites for hydroxylation is 1. The van der Waals surface area contributed by atoms with Gasteiger partial charge in [0.15, 0.2) is 5.13 Å². The number of hydrogen-bond acceptors (Lipinski definition) is 9. The van der Waals surface area contributed by atoms with E-state index in [0.717, 1.165) is 11.3 Å². The van der Waals surface area contributed by atoms with Gasteiger partial charge in [0.25, 0.3) is 0 Å². The van der Waals surface area contributed by atoms with Gasteiger partial charge in [-0.3, -0.25) is 14.4 Å². The van der Waals surface area contributed by atoms with Crippen molar-refractivity contribution in [3.63, 3.8) is 0 Å². The number of amides is 2. The van der Waals surface area contributed by atoms with Crippen molar-refractivity contribution in [2.24, 2.45) is 11.8 Å². The lowest BCUT2D eigenvalue weighted by atomic mass is 9.79. The van der Waals surface area contributed by atoms with Crippen LogP contribution in [0.1, 0.15) is 30.8 Å². The predicted octanol–water partition coefficient (Wildman–Crippen LogP) is 0.635.